The van der Waals surface area contributed by atoms with Gasteiger partial charge in [0.25, 0.3) is 0 Å². The average Bonchev–Trinajstić information content (AvgIpc) is 3.45. The molecular weight excluding hydrogens is 451 g/mol. The number of carbonyl (C=O) groups is 1. The van der Waals surface area contributed by atoms with Crippen LogP contribution in [-0.2, 0) is 22.2 Å². The van der Waals surface area contributed by atoms with E-state index in [1.54, 1.807) is 6.07 Å². The number of halogens is 1. The Hall–Kier alpha value is -2.73. The quantitative estimate of drug-likeness (QED) is 0.554. The molecule has 2 atom stereocenters. The normalized spacial score (nSPS) is 28.9. The van der Waals surface area contributed by atoms with Crippen molar-refractivity contribution in [2.24, 2.45) is 5.10 Å². The average molecular weight is 489 g/mol. The molecular formula is C30H37FN4O. The number of rotatable bonds is 4. The SMILES string of the molecule is CN1CC(C)(c2ccc(CN3C(=O)C4(CCN(C5CCCCCC5)C4)c4ccccc43)c(F)c2)C=N1. The van der Waals surface area contributed by atoms with Gasteiger partial charge in [-0.25, -0.2) is 4.39 Å². The van der Waals surface area contributed by atoms with Crippen LogP contribution in [0.2, 0.25) is 0 Å². The maximum absolute atomic E-state index is 15.4. The van der Waals surface area contributed by atoms with Crippen molar-refractivity contribution in [2.75, 3.05) is 31.6 Å². The Labute approximate surface area is 214 Å². The molecule has 1 saturated carbocycles. The fourth-order valence-electron chi connectivity index (χ4n) is 7.07. The Morgan fingerprint density at radius 1 is 1.06 bits per heavy atom. The molecule has 1 aliphatic carbocycles. The van der Waals surface area contributed by atoms with Gasteiger partial charge in [0.1, 0.15) is 5.82 Å². The van der Waals surface area contributed by atoms with E-state index in [2.05, 4.69) is 23.0 Å². The highest BCUT2D eigenvalue weighted by molar-refractivity contribution is 6.08. The van der Waals surface area contributed by atoms with E-state index in [1.807, 2.05) is 53.5 Å². The number of hydrazone groups is 1. The summed E-state index contributed by atoms with van der Waals surface area (Å²) in [6.07, 6.45) is 10.5. The van der Waals surface area contributed by atoms with Crippen molar-refractivity contribution in [3.05, 3.63) is 65.0 Å². The predicted octanol–water partition coefficient (Wildman–Crippen LogP) is 5.23. The molecule has 0 N–H and O–H groups in total. The molecule has 2 aromatic rings. The van der Waals surface area contributed by atoms with Gasteiger partial charge in [-0.1, -0.05) is 56.0 Å². The second-order valence-corrected chi connectivity index (χ2v) is 11.6. The molecule has 3 aliphatic heterocycles. The second kappa shape index (κ2) is 8.98. The van der Waals surface area contributed by atoms with Crippen LogP contribution in [0.5, 0.6) is 0 Å². The molecule has 6 heteroatoms. The summed E-state index contributed by atoms with van der Waals surface area (Å²) >= 11 is 0. The Morgan fingerprint density at radius 2 is 1.83 bits per heavy atom. The third-order valence-electron chi connectivity index (χ3n) is 9.14. The molecule has 4 aliphatic rings. The Morgan fingerprint density at radius 3 is 2.56 bits per heavy atom. The van der Waals surface area contributed by atoms with Gasteiger partial charge in [0, 0.05) is 42.5 Å². The van der Waals surface area contributed by atoms with Gasteiger partial charge in [0.05, 0.1) is 18.5 Å². The highest BCUT2D eigenvalue weighted by Crippen LogP contribution is 2.48. The minimum atomic E-state index is -0.502. The van der Waals surface area contributed by atoms with E-state index < -0.39 is 5.41 Å². The summed E-state index contributed by atoms with van der Waals surface area (Å²) < 4.78 is 15.4. The first kappa shape index (κ1) is 23.7. The molecule has 0 aromatic heterocycles. The summed E-state index contributed by atoms with van der Waals surface area (Å²) in [5.41, 5.74) is 2.74. The van der Waals surface area contributed by atoms with Crippen LogP contribution < -0.4 is 4.90 Å². The van der Waals surface area contributed by atoms with Gasteiger partial charge >= 0.3 is 0 Å². The Balaban J connectivity index is 1.26. The third-order valence-corrected chi connectivity index (χ3v) is 9.14. The van der Waals surface area contributed by atoms with Crippen LogP contribution in [0, 0.1) is 5.82 Å². The number of hydrogen-bond acceptors (Lipinski definition) is 4. The van der Waals surface area contributed by atoms with Gasteiger partial charge in [-0.15, -0.1) is 0 Å². The number of hydrogen-bond donors (Lipinski definition) is 0. The molecule has 3 heterocycles. The van der Waals surface area contributed by atoms with Gasteiger partial charge in [0.15, 0.2) is 0 Å². The molecule has 190 valence electrons. The van der Waals surface area contributed by atoms with Gasteiger partial charge in [-0.05, 0) is 56.0 Å². The van der Waals surface area contributed by atoms with Gasteiger partial charge < -0.3 is 4.90 Å². The molecule has 2 aromatic carbocycles. The van der Waals surface area contributed by atoms with Crippen LogP contribution in [0.15, 0.2) is 47.6 Å². The zero-order valence-corrected chi connectivity index (χ0v) is 21.5. The molecule has 36 heavy (non-hydrogen) atoms. The fourth-order valence-corrected chi connectivity index (χ4v) is 7.07. The van der Waals surface area contributed by atoms with Crippen LogP contribution in [0.25, 0.3) is 0 Å². The summed E-state index contributed by atoms with van der Waals surface area (Å²) in [6.45, 7) is 4.83. The summed E-state index contributed by atoms with van der Waals surface area (Å²) in [7, 11) is 1.93. The van der Waals surface area contributed by atoms with Crippen LogP contribution in [0.1, 0.15) is 68.6 Å². The van der Waals surface area contributed by atoms with Gasteiger partial charge in [-0.2, -0.15) is 5.10 Å². The van der Waals surface area contributed by atoms with Crippen molar-refractivity contribution in [1.82, 2.24) is 9.91 Å². The number of likely N-dealkylation sites (N-methyl/N-ethyl adjacent to an activating group) is 1. The zero-order chi connectivity index (χ0) is 24.9. The first-order valence-electron chi connectivity index (χ1n) is 13.6. The van der Waals surface area contributed by atoms with Crippen molar-refractivity contribution in [1.29, 1.82) is 0 Å². The van der Waals surface area contributed by atoms with E-state index in [0.717, 1.165) is 42.9 Å². The predicted molar refractivity (Wildman–Crippen MR) is 142 cm³/mol. The van der Waals surface area contributed by atoms with Crippen molar-refractivity contribution in [3.8, 4) is 0 Å². The third kappa shape index (κ3) is 3.85. The van der Waals surface area contributed by atoms with E-state index in [4.69, 9.17) is 0 Å². The molecule has 2 unspecified atom stereocenters. The van der Waals surface area contributed by atoms with Crippen LogP contribution in [0.3, 0.4) is 0 Å². The van der Waals surface area contributed by atoms with E-state index in [0.29, 0.717) is 11.6 Å². The van der Waals surface area contributed by atoms with E-state index >= 15 is 4.39 Å². The number of likely N-dealkylation sites (tertiary alicyclic amines) is 1. The molecule has 5 nitrogen and oxygen atoms in total. The van der Waals surface area contributed by atoms with Crippen LogP contribution in [-0.4, -0.2) is 54.8 Å². The minimum Gasteiger partial charge on any atom is -0.307 e. The lowest BCUT2D eigenvalue weighted by atomic mass is 9.81. The van der Waals surface area contributed by atoms with Crippen LogP contribution in [0.4, 0.5) is 10.1 Å². The molecule has 0 radical (unpaired) electrons. The second-order valence-electron chi connectivity index (χ2n) is 11.6. The molecule has 0 bridgehead atoms. The van der Waals surface area contributed by atoms with E-state index in [9.17, 15) is 4.79 Å². The first-order chi connectivity index (χ1) is 17.4. The summed E-state index contributed by atoms with van der Waals surface area (Å²) in [6, 6.07) is 14.3. The molecule has 1 spiro atoms. The number of benzene rings is 2. The number of anilines is 1. The smallest absolute Gasteiger partial charge is 0.239 e. The minimum absolute atomic E-state index is 0.139. The van der Waals surface area contributed by atoms with Crippen molar-refractivity contribution < 1.29 is 9.18 Å². The molecule has 1 saturated heterocycles. The van der Waals surface area contributed by atoms with Crippen molar-refractivity contribution in [2.45, 2.75) is 75.3 Å². The van der Waals surface area contributed by atoms with Gasteiger partial charge in [0.2, 0.25) is 5.91 Å². The molecule has 6 rings (SSSR count). The number of fused-ring (bicyclic) bond motifs is 2. The lowest BCUT2D eigenvalue weighted by Crippen LogP contribution is -2.44. The first-order valence-corrected chi connectivity index (χ1v) is 13.6. The lowest BCUT2D eigenvalue weighted by molar-refractivity contribution is -0.123. The summed E-state index contributed by atoms with van der Waals surface area (Å²) in [4.78, 5) is 18.5. The Bertz CT molecular complexity index is 1190. The monoisotopic (exact) mass is 488 g/mol. The molecule has 1 amide bonds. The van der Waals surface area contributed by atoms with Gasteiger partial charge in [-0.3, -0.25) is 14.7 Å². The van der Waals surface area contributed by atoms with Crippen molar-refractivity contribution in [3.63, 3.8) is 0 Å². The number of nitrogens with zero attached hydrogens (tertiary/aromatic N) is 4. The zero-order valence-electron chi connectivity index (χ0n) is 21.5. The number of amides is 1. The Kier molecular flexibility index (Phi) is 5.90. The molecule has 2 fully saturated rings. The maximum Gasteiger partial charge on any atom is 0.239 e. The van der Waals surface area contributed by atoms with E-state index in [-0.39, 0.29) is 23.7 Å². The van der Waals surface area contributed by atoms with E-state index in [1.165, 1.54) is 38.5 Å². The topological polar surface area (TPSA) is 39.1 Å². The fraction of sp³-hybridized carbons (Fsp3) is 0.533. The summed E-state index contributed by atoms with van der Waals surface area (Å²) in [5.74, 6) is -0.116. The number of carbonyl (C=O) groups excluding carboxylic acids is 1. The highest BCUT2D eigenvalue weighted by Gasteiger charge is 2.55. The maximum atomic E-state index is 15.4. The lowest BCUT2D eigenvalue weighted by Gasteiger charge is -2.29. The van der Waals surface area contributed by atoms with Crippen molar-refractivity contribution >= 4 is 17.8 Å². The standard InChI is InChI=1S/C30H37FN4O/c1-29(19-32-33(2)20-29)23-14-13-22(26(31)17-23)18-35-27-12-8-7-11-25(27)30(28(35)36)15-16-34(21-30)24-9-5-3-4-6-10-24/h7-8,11-14,17,19,24H,3-6,9-10,15-16,18,20-21H2,1-2H3. The highest BCUT2D eigenvalue weighted by atomic mass is 19.1. The summed E-state index contributed by atoms with van der Waals surface area (Å²) in [5, 5.41) is 6.23. The largest absolute Gasteiger partial charge is 0.307 e. The number of para-hydroxylation sites is 1. The van der Waals surface area contributed by atoms with Crippen LogP contribution >= 0.6 is 0 Å².